The minimum Gasteiger partial charge on any atom is -0.491 e. The van der Waals surface area contributed by atoms with E-state index in [0.29, 0.717) is 51.6 Å². The third-order valence-corrected chi connectivity index (χ3v) is 7.27. The normalized spacial score (nSPS) is 21.3. The van der Waals surface area contributed by atoms with Gasteiger partial charge in [0.15, 0.2) is 0 Å². The van der Waals surface area contributed by atoms with E-state index in [9.17, 15) is 13.6 Å². The molecule has 2 aliphatic heterocycles. The molecule has 41 heavy (non-hydrogen) atoms. The van der Waals surface area contributed by atoms with Crippen molar-refractivity contribution in [3.05, 3.63) is 65.9 Å². The number of pyridine rings is 1. The molecule has 2 saturated heterocycles. The second kappa shape index (κ2) is 11.6. The van der Waals surface area contributed by atoms with Gasteiger partial charge in [0.25, 0.3) is 0 Å². The molecule has 0 unspecified atom stereocenters. The summed E-state index contributed by atoms with van der Waals surface area (Å²) in [6.07, 6.45) is 3.12. The summed E-state index contributed by atoms with van der Waals surface area (Å²) in [6, 6.07) is 7.36. The number of anilines is 1. The third kappa shape index (κ3) is 6.75. The van der Waals surface area contributed by atoms with Crippen molar-refractivity contribution in [1.82, 2.24) is 24.6 Å². The van der Waals surface area contributed by atoms with Crippen molar-refractivity contribution in [3.8, 4) is 5.75 Å². The highest BCUT2D eigenvalue weighted by atomic mass is 19.1. The SMILES string of the molecule is Cc1nc(N2CCN(C(=O)OC(C)(C)C)CC2)ccc1OC[C@@H]1CO[C@@](Cn2cncn2)(c2ccc(F)cc2F)C1. The zero-order valence-corrected chi connectivity index (χ0v) is 23.8. The number of rotatable bonds is 7. The van der Waals surface area contributed by atoms with E-state index in [1.165, 1.54) is 18.5 Å². The first-order chi connectivity index (χ1) is 19.5. The zero-order valence-electron chi connectivity index (χ0n) is 23.8. The lowest BCUT2D eigenvalue weighted by atomic mass is 9.87. The van der Waals surface area contributed by atoms with E-state index < -0.39 is 22.8 Å². The number of hydrogen-bond donors (Lipinski definition) is 0. The Morgan fingerprint density at radius 2 is 1.93 bits per heavy atom. The molecule has 5 rings (SSSR count). The summed E-state index contributed by atoms with van der Waals surface area (Å²) in [5, 5.41) is 4.16. The van der Waals surface area contributed by atoms with Gasteiger partial charge in [-0.1, -0.05) is 6.07 Å². The Hall–Kier alpha value is -3.80. The first kappa shape index (κ1) is 28.7. The van der Waals surface area contributed by atoms with E-state index >= 15 is 0 Å². The molecule has 0 saturated carbocycles. The fourth-order valence-electron chi connectivity index (χ4n) is 5.30. The Labute approximate surface area is 238 Å². The second-order valence-electron chi connectivity index (χ2n) is 11.6. The van der Waals surface area contributed by atoms with Gasteiger partial charge in [-0.2, -0.15) is 5.10 Å². The minimum atomic E-state index is -1.03. The van der Waals surface area contributed by atoms with E-state index in [0.717, 1.165) is 17.6 Å². The standard InChI is InChI=1S/C29H36F2N6O4/c1-20-25(7-8-26(34-20)35-9-11-36(12-10-35)27(38)41-28(2,3)4)39-15-21-14-29(40-16-21,17-37-19-32-18-33-37)23-6-5-22(30)13-24(23)31/h5-8,13,18-19,21H,9-12,14-17H2,1-4H3/t21-,29+/m1/s1. The lowest BCUT2D eigenvalue weighted by molar-refractivity contribution is -0.0206. The number of nitrogens with zero attached hydrogens (tertiary/aromatic N) is 6. The highest BCUT2D eigenvalue weighted by Crippen LogP contribution is 2.42. The van der Waals surface area contributed by atoms with Crippen LogP contribution in [0.3, 0.4) is 0 Å². The van der Waals surface area contributed by atoms with Crippen LogP contribution in [-0.4, -0.2) is 75.7 Å². The number of benzene rings is 1. The molecule has 0 radical (unpaired) electrons. The van der Waals surface area contributed by atoms with Gasteiger partial charge in [-0.05, 0) is 52.3 Å². The maximum absolute atomic E-state index is 14.9. The summed E-state index contributed by atoms with van der Waals surface area (Å²) in [4.78, 5) is 25.0. The van der Waals surface area contributed by atoms with Crippen molar-refractivity contribution >= 4 is 11.9 Å². The van der Waals surface area contributed by atoms with Gasteiger partial charge < -0.3 is 24.0 Å². The smallest absolute Gasteiger partial charge is 0.410 e. The number of aryl methyl sites for hydroxylation is 1. The van der Waals surface area contributed by atoms with Crippen molar-refractivity contribution < 1.29 is 27.8 Å². The molecule has 2 atom stereocenters. The Balaban J connectivity index is 1.20. The number of carbonyl (C=O) groups excluding carboxylic acids is 1. The van der Waals surface area contributed by atoms with Crippen LogP contribution < -0.4 is 9.64 Å². The van der Waals surface area contributed by atoms with E-state index in [1.54, 1.807) is 15.9 Å². The van der Waals surface area contributed by atoms with Gasteiger partial charge in [0.1, 0.15) is 47.1 Å². The maximum atomic E-state index is 14.9. The average Bonchev–Trinajstić information content (AvgIpc) is 3.58. The van der Waals surface area contributed by atoms with Crippen molar-refractivity contribution in [1.29, 1.82) is 0 Å². The van der Waals surface area contributed by atoms with E-state index in [2.05, 4.69) is 15.0 Å². The molecule has 1 aromatic carbocycles. The molecule has 0 aliphatic carbocycles. The number of piperazine rings is 1. The van der Waals surface area contributed by atoms with Crippen LogP contribution in [-0.2, 0) is 21.6 Å². The van der Waals surface area contributed by atoms with Crippen LogP contribution >= 0.6 is 0 Å². The summed E-state index contributed by atoms with van der Waals surface area (Å²) in [5.41, 5.74) is -0.526. The molecule has 0 spiro atoms. The van der Waals surface area contributed by atoms with Crippen molar-refractivity contribution in [2.45, 2.75) is 51.9 Å². The summed E-state index contributed by atoms with van der Waals surface area (Å²) in [7, 11) is 0. The summed E-state index contributed by atoms with van der Waals surface area (Å²) >= 11 is 0. The lowest BCUT2D eigenvalue weighted by Crippen LogP contribution is -2.50. The molecule has 220 valence electrons. The minimum absolute atomic E-state index is 0.0389. The number of carbonyl (C=O) groups is 1. The summed E-state index contributed by atoms with van der Waals surface area (Å²) in [6.45, 7) is 10.8. The largest absolute Gasteiger partial charge is 0.491 e. The van der Waals surface area contributed by atoms with Crippen LogP contribution in [0.4, 0.5) is 19.4 Å². The quantitative estimate of drug-likeness (QED) is 0.415. The van der Waals surface area contributed by atoms with Crippen molar-refractivity contribution in [2.24, 2.45) is 5.92 Å². The lowest BCUT2D eigenvalue weighted by Gasteiger charge is -2.36. The van der Waals surface area contributed by atoms with Crippen LogP contribution in [0.5, 0.6) is 5.75 Å². The van der Waals surface area contributed by atoms with Gasteiger partial charge in [-0.3, -0.25) is 0 Å². The van der Waals surface area contributed by atoms with Crippen molar-refractivity contribution in [3.63, 3.8) is 0 Å². The Morgan fingerprint density at radius 1 is 1.15 bits per heavy atom. The second-order valence-corrected chi connectivity index (χ2v) is 11.6. The summed E-state index contributed by atoms with van der Waals surface area (Å²) < 4.78 is 48.0. The van der Waals surface area contributed by atoms with Gasteiger partial charge in [0.2, 0.25) is 0 Å². The first-order valence-corrected chi connectivity index (χ1v) is 13.8. The van der Waals surface area contributed by atoms with Gasteiger partial charge >= 0.3 is 6.09 Å². The number of halogens is 2. The molecule has 3 aromatic rings. The maximum Gasteiger partial charge on any atom is 0.410 e. The zero-order chi connectivity index (χ0) is 29.2. The third-order valence-electron chi connectivity index (χ3n) is 7.27. The predicted octanol–water partition coefficient (Wildman–Crippen LogP) is 4.33. The van der Waals surface area contributed by atoms with Gasteiger partial charge in [0, 0.05) is 43.7 Å². The fourth-order valence-corrected chi connectivity index (χ4v) is 5.30. The van der Waals surface area contributed by atoms with E-state index in [1.807, 2.05) is 39.8 Å². The molecular weight excluding hydrogens is 534 g/mol. The highest BCUT2D eigenvalue weighted by molar-refractivity contribution is 5.68. The fraction of sp³-hybridized carbons (Fsp3) is 0.517. The number of ether oxygens (including phenoxy) is 3. The highest BCUT2D eigenvalue weighted by Gasteiger charge is 2.44. The van der Waals surface area contributed by atoms with Crippen LogP contribution in [0.15, 0.2) is 43.0 Å². The Kier molecular flexibility index (Phi) is 8.12. The molecule has 4 heterocycles. The van der Waals surface area contributed by atoms with Crippen LogP contribution in [0.25, 0.3) is 0 Å². The molecular formula is C29H36F2N6O4. The monoisotopic (exact) mass is 570 g/mol. The number of hydrogen-bond acceptors (Lipinski definition) is 8. The molecule has 12 heteroatoms. The van der Waals surface area contributed by atoms with Crippen LogP contribution in [0.1, 0.15) is 38.4 Å². The molecule has 2 aliphatic rings. The Bertz CT molecular complexity index is 1360. The van der Waals surface area contributed by atoms with Gasteiger partial charge in [-0.15, -0.1) is 0 Å². The van der Waals surface area contributed by atoms with E-state index in [4.69, 9.17) is 19.2 Å². The summed E-state index contributed by atoms with van der Waals surface area (Å²) in [5.74, 6) is 0.137. The van der Waals surface area contributed by atoms with Crippen LogP contribution in [0, 0.1) is 24.5 Å². The molecule has 1 amide bonds. The number of aromatic nitrogens is 4. The van der Waals surface area contributed by atoms with Gasteiger partial charge in [-0.25, -0.2) is 28.2 Å². The molecule has 0 bridgehead atoms. The molecule has 2 aromatic heterocycles. The van der Waals surface area contributed by atoms with E-state index in [-0.39, 0.29) is 24.1 Å². The average molecular weight is 571 g/mol. The molecule has 2 fully saturated rings. The van der Waals surface area contributed by atoms with Gasteiger partial charge in [0.05, 0.1) is 25.5 Å². The first-order valence-electron chi connectivity index (χ1n) is 13.8. The van der Waals surface area contributed by atoms with Crippen LogP contribution in [0.2, 0.25) is 0 Å². The Morgan fingerprint density at radius 3 is 2.59 bits per heavy atom. The predicted molar refractivity (Wildman–Crippen MR) is 147 cm³/mol. The number of amides is 1. The molecule has 0 N–H and O–H groups in total. The van der Waals surface area contributed by atoms with Crippen molar-refractivity contribution in [2.75, 3.05) is 44.3 Å². The topological polar surface area (TPSA) is 94.8 Å². The molecule has 10 nitrogen and oxygen atoms in total.